The highest BCUT2D eigenvalue weighted by atomic mass is 16.3. The molecule has 10 nitrogen and oxygen atoms in total. The summed E-state index contributed by atoms with van der Waals surface area (Å²) in [5.74, 6) is 0.426. The molecule has 0 spiro atoms. The van der Waals surface area contributed by atoms with E-state index < -0.39 is 11.6 Å². The zero-order chi connectivity index (χ0) is 23.8. The number of nitrogens with one attached hydrogen (secondary N) is 2. The van der Waals surface area contributed by atoms with Crippen molar-refractivity contribution < 1.29 is 14.7 Å². The Morgan fingerprint density at radius 2 is 2.03 bits per heavy atom. The Kier molecular flexibility index (Phi) is 5.74. The molecule has 3 N–H and O–H groups in total. The summed E-state index contributed by atoms with van der Waals surface area (Å²) in [5.41, 5.74) is 1.61. The lowest BCUT2D eigenvalue weighted by molar-refractivity contribution is -0.119. The van der Waals surface area contributed by atoms with Gasteiger partial charge in [0.25, 0.3) is 0 Å². The van der Waals surface area contributed by atoms with Gasteiger partial charge in [0.1, 0.15) is 11.8 Å². The zero-order valence-corrected chi connectivity index (χ0v) is 18.7. The van der Waals surface area contributed by atoms with Crippen molar-refractivity contribution in [1.82, 2.24) is 14.5 Å². The molecule has 2 aromatic heterocycles. The molecule has 0 atom stereocenters. The second-order valence-electron chi connectivity index (χ2n) is 8.80. The van der Waals surface area contributed by atoms with Gasteiger partial charge in [0, 0.05) is 18.7 Å². The lowest BCUT2D eigenvalue weighted by Crippen LogP contribution is -2.29. The third kappa shape index (κ3) is 5.10. The Morgan fingerprint density at radius 1 is 1.27 bits per heavy atom. The van der Waals surface area contributed by atoms with Crippen LogP contribution in [0.25, 0.3) is 11.0 Å². The molecule has 10 heteroatoms. The Morgan fingerprint density at radius 3 is 2.64 bits per heavy atom. The lowest BCUT2D eigenvalue weighted by atomic mass is 10.1. The number of carbonyl (C=O) groups is 2. The number of nitrogens with zero attached hydrogens (tertiary/aromatic N) is 5. The zero-order valence-electron chi connectivity index (χ0n) is 18.7. The largest absolute Gasteiger partial charge is 0.389 e. The second kappa shape index (κ2) is 8.52. The average molecular weight is 447 g/mol. The number of fused-ring (bicyclic) bond motifs is 1. The second-order valence-corrected chi connectivity index (χ2v) is 8.80. The van der Waals surface area contributed by atoms with Crippen LogP contribution < -0.4 is 15.5 Å². The number of amides is 3. The van der Waals surface area contributed by atoms with Crippen molar-refractivity contribution in [2.75, 3.05) is 22.6 Å². The molecule has 1 aliphatic carbocycles. The number of rotatable bonds is 6. The molecule has 3 aromatic rings. The van der Waals surface area contributed by atoms with Crippen molar-refractivity contribution in [3.05, 3.63) is 42.2 Å². The number of nitriles is 1. The quantitative estimate of drug-likeness (QED) is 0.531. The average Bonchev–Trinajstić information content (AvgIpc) is 3.57. The van der Waals surface area contributed by atoms with Gasteiger partial charge in [-0.15, -0.1) is 0 Å². The van der Waals surface area contributed by atoms with Crippen molar-refractivity contribution in [3.8, 4) is 6.07 Å². The number of aromatic nitrogens is 3. The number of hydrogen-bond acceptors (Lipinski definition) is 6. The first-order chi connectivity index (χ1) is 15.6. The fraction of sp³-hybridized carbons (Fsp3) is 0.348. The van der Waals surface area contributed by atoms with E-state index in [1.165, 1.54) is 12.3 Å². The first kappa shape index (κ1) is 22.2. The van der Waals surface area contributed by atoms with Crippen molar-refractivity contribution >= 4 is 40.3 Å². The summed E-state index contributed by atoms with van der Waals surface area (Å²) in [5, 5.41) is 24.6. The van der Waals surface area contributed by atoms with Crippen molar-refractivity contribution in [1.29, 1.82) is 5.26 Å². The topological polar surface area (TPSA) is 136 Å². The Bertz CT molecular complexity index is 1250. The van der Waals surface area contributed by atoms with Crippen molar-refractivity contribution in [2.45, 2.75) is 38.8 Å². The van der Waals surface area contributed by atoms with E-state index in [0.29, 0.717) is 22.4 Å². The van der Waals surface area contributed by atoms with Gasteiger partial charge in [-0.1, -0.05) is 0 Å². The Balaban J connectivity index is 1.61. The van der Waals surface area contributed by atoms with Gasteiger partial charge in [0.05, 0.1) is 35.1 Å². The minimum Gasteiger partial charge on any atom is -0.389 e. The van der Waals surface area contributed by atoms with E-state index in [2.05, 4.69) is 20.6 Å². The molecular weight excluding hydrogens is 422 g/mol. The van der Waals surface area contributed by atoms with Gasteiger partial charge in [-0.3, -0.25) is 10.1 Å². The number of carbonyl (C=O) groups excluding carboxylic acids is 2. The normalized spacial score (nSPS) is 13.4. The maximum absolute atomic E-state index is 12.6. The standard InChI is InChI=1S/C23H25N7O3/c1-23(2,33)13-30-19-9-8-17(29(3)20(31)14-4-5-14)10-18(19)27-21(30)28-22(32)26-16-7-6-15(11-24)25-12-16/h6-10,12,14,33H,4-5,13H2,1-3H3,(H2,26,27,28,32). The molecule has 3 amide bonds. The Labute approximate surface area is 190 Å². The molecule has 4 rings (SSSR count). The maximum Gasteiger partial charge on any atom is 0.326 e. The van der Waals surface area contributed by atoms with Gasteiger partial charge >= 0.3 is 6.03 Å². The van der Waals surface area contributed by atoms with Crippen molar-refractivity contribution in [3.63, 3.8) is 0 Å². The molecule has 0 aliphatic heterocycles. The monoisotopic (exact) mass is 447 g/mol. The number of anilines is 3. The van der Waals surface area contributed by atoms with Crippen LogP contribution in [0.15, 0.2) is 36.5 Å². The van der Waals surface area contributed by atoms with Crippen LogP contribution in [0.5, 0.6) is 0 Å². The van der Waals surface area contributed by atoms with Crippen LogP contribution in [0.4, 0.5) is 22.1 Å². The number of hydrogen-bond donors (Lipinski definition) is 3. The van der Waals surface area contributed by atoms with E-state index in [1.807, 2.05) is 18.2 Å². The molecule has 1 aliphatic rings. The first-order valence-corrected chi connectivity index (χ1v) is 10.6. The number of pyridine rings is 1. The molecule has 0 saturated heterocycles. The molecule has 0 bridgehead atoms. The minimum atomic E-state index is -1.06. The van der Waals surface area contributed by atoms with E-state index in [4.69, 9.17) is 5.26 Å². The van der Waals surface area contributed by atoms with Gasteiger partial charge in [-0.25, -0.2) is 14.8 Å². The van der Waals surface area contributed by atoms with E-state index in [1.54, 1.807) is 42.5 Å². The summed E-state index contributed by atoms with van der Waals surface area (Å²) in [6, 6.07) is 9.90. The van der Waals surface area contributed by atoms with E-state index >= 15 is 0 Å². The highest BCUT2D eigenvalue weighted by Gasteiger charge is 2.32. The smallest absolute Gasteiger partial charge is 0.326 e. The van der Waals surface area contributed by atoms with Crippen LogP contribution in [0.3, 0.4) is 0 Å². The predicted octanol–water partition coefficient (Wildman–Crippen LogP) is 3.09. The van der Waals surface area contributed by atoms with Gasteiger partial charge in [-0.05, 0) is 57.0 Å². The molecule has 2 heterocycles. The number of aliphatic hydroxyl groups is 1. The van der Waals surface area contributed by atoms with Crippen LogP contribution in [-0.2, 0) is 11.3 Å². The fourth-order valence-electron chi connectivity index (χ4n) is 3.50. The fourth-order valence-corrected chi connectivity index (χ4v) is 3.50. The van der Waals surface area contributed by atoms with Crippen LogP contribution >= 0.6 is 0 Å². The van der Waals surface area contributed by atoms with Gasteiger partial charge < -0.3 is 19.9 Å². The number of urea groups is 1. The summed E-state index contributed by atoms with van der Waals surface area (Å²) in [6.45, 7) is 3.52. The molecule has 0 radical (unpaired) electrons. The van der Waals surface area contributed by atoms with Gasteiger partial charge in [0.2, 0.25) is 11.9 Å². The predicted molar refractivity (Wildman–Crippen MR) is 124 cm³/mol. The van der Waals surface area contributed by atoms with Gasteiger partial charge in [0.15, 0.2) is 0 Å². The van der Waals surface area contributed by atoms with Crippen LogP contribution in [0, 0.1) is 17.2 Å². The lowest BCUT2D eigenvalue weighted by Gasteiger charge is -2.20. The molecule has 170 valence electrons. The highest BCUT2D eigenvalue weighted by Crippen LogP contribution is 2.33. The minimum absolute atomic E-state index is 0.0824. The number of benzene rings is 1. The molecule has 1 fully saturated rings. The van der Waals surface area contributed by atoms with E-state index in [9.17, 15) is 14.7 Å². The summed E-state index contributed by atoms with van der Waals surface area (Å²) in [7, 11) is 1.74. The third-order valence-corrected chi connectivity index (χ3v) is 5.28. The Hall–Kier alpha value is -3.97. The van der Waals surface area contributed by atoms with E-state index in [-0.39, 0.29) is 30.0 Å². The van der Waals surface area contributed by atoms with E-state index in [0.717, 1.165) is 12.8 Å². The first-order valence-electron chi connectivity index (χ1n) is 10.6. The SMILES string of the molecule is CN(C(=O)C1CC1)c1ccc2c(c1)nc(NC(=O)Nc1ccc(C#N)nc1)n2CC(C)(C)O. The van der Waals surface area contributed by atoms with Crippen LogP contribution in [-0.4, -0.2) is 44.2 Å². The highest BCUT2D eigenvalue weighted by molar-refractivity contribution is 6.00. The van der Waals surface area contributed by atoms with Crippen LogP contribution in [0.1, 0.15) is 32.4 Å². The number of imidazole rings is 1. The summed E-state index contributed by atoms with van der Waals surface area (Å²) in [4.78, 5) is 35.1. The molecule has 1 aromatic carbocycles. The maximum atomic E-state index is 12.6. The third-order valence-electron chi connectivity index (χ3n) is 5.28. The molecule has 1 saturated carbocycles. The molecule has 33 heavy (non-hydrogen) atoms. The van der Waals surface area contributed by atoms with Gasteiger partial charge in [-0.2, -0.15) is 5.26 Å². The molecule has 0 unspecified atom stereocenters. The summed E-state index contributed by atoms with van der Waals surface area (Å²) in [6.07, 6.45) is 3.23. The molecular formula is C23H25N7O3. The van der Waals surface area contributed by atoms with Crippen LogP contribution in [0.2, 0.25) is 0 Å². The summed E-state index contributed by atoms with van der Waals surface area (Å²) >= 11 is 0. The van der Waals surface area contributed by atoms with Crippen molar-refractivity contribution in [2.24, 2.45) is 5.92 Å². The summed E-state index contributed by atoms with van der Waals surface area (Å²) < 4.78 is 1.72.